The van der Waals surface area contributed by atoms with Gasteiger partial charge in [0, 0.05) is 20.1 Å². The fourth-order valence-corrected chi connectivity index (χ4v) is 4.44. The van der Waals surface area contributed by atoms with Crippen LogP contribution in [0.25, 0.3) is 0 Å². The first-order valence-corrected chi connectivity index (χ1v) is 10.9. The number of nitrogens with zero attached hydrogens (tertiary/aromatic N) is 2. The van der Waals surface area contributed by atoms with E-state index in [0.29, 0.717) is 18.8 Å². The molecule has 0 unspecified atom stereocenters. The van der Waals surface area contributed by atoms with Crippen LogP contribution in [0.1, 0.15) is 18.4 Å². The lowest BCUT2D eigenvalue weighted by atomic mass is 10.1. The molecule has 1 saturated heterocycles. The van der Waals surface area contributed by atoms with Crippen LogP contribution in [0.5, 0.6) is 0 Å². The van der Waals surface area contributed by atoms with Crippen molar-refractivity contribution >= 4 is 27.3 Å². The van der Waals surface area contributed by atoms with Gasteiger partial charge in [-0.15, -0.1) is 0 Å². The van der Waals surface area contributed by atoms with Crippen molar-refractivity contribution in [2.45, 2.75) is 23.9 Å². The Morgan fingerprint density at radius 2 is 1.71 bits per heavy atom. The summed E-state index contributed by atoms with van der Waals surface area (Å²) in [5.74, 6) is -1.41. The number of carbonyl (C=O) groups excluding carboxylic acids is 1. The van der Waals surface area contributed by atoms with E-state index in [1.807, 2.05) is 4.90 Å². The summed E-state index contributed by atoms with van der Waals surface area (Å²) in [5, 5.41) is 2.42. The summed E-state index contributed by atoms with van der Waals surface area (Å²) in [7, 11) is -2.93. The van der Waals surface area contributed by atoms with Crippen molar-refractivity contribution in [1.82, 2.24) is 4.31 Å². The van der Waals surface area contributed by atoms with E-state index in [4.69, 9.17) is 0 Å². The Balaban J connectivity index is 1.80. The minimum absolute atomic E-state index is 0.0331. The van der Waals surface area contributed by atoms with E-state index in [1.54, 1.807) is 0 Å². The molecule has 1 amide bonds. The minimum atomic E-state index is -4.59. The highest BCUT2D eigenvalue weighted by atomic mass is 32.2. The highest BCUT2D eigenvalue weighted by molar-refractivity contribution is 7.89. The van der Waals surface area contributed by atoms with Crippen molar-refractivity contribution in [3.8, 4) is 0 Å². The van der Waals surface area contributed by atoms with Gasteiger partial charge in [0.15, 0.2) is 0 Å². The largest absolute Gasteiger partial charge is 0.416 e. The number of halogens is 4. The molecule has 0 radical (unpaired) electrons. The molecule has 31 heavy (non-hydrogen) atoms. The smallest absolute Gasteiger partial charge is 0.370 e. The standard InChI is InChI=1S/C20H21F4N3O3S/c1-26(31(29,30)16-7-5-15(21)6-8-16)13-19(28)25-17-12-14(20(22,23)24)4-9-18(17)27-10-2-3-11-27/h4-9,12H,2-3,10-11,13H2,1H3,(H,25,28). The number of nitrogens with one attached hydrogen (secondary N) is 1. The molecule has 168 valence electrons. The van der Waals surface area contributed by atoms with E-state index in [1.165, 1.54) is 6.07 Å². The number of hydrogen-bond acceptors (Lipinski definition) is 4. The van der Waals surface area contributed by atoms with Gasteiger partial charge < -0.3 is 10.2 Å². The van der Waals surface area contributed by atoms with E-state index in [-0.39, 0.29) is 10.6 Å². The zero-order chi connectivity index (χ0) is 22.8. The Bertz CT molecular complexity index is 1050. The molecular formula is C20H21F4N3O3S. The third kappa shape index (κ3) is 5.34. The maximum atomic E-state index is 13.2. The molecule has 1 N–H and O–H groups in total. The van der Waals surface area contributed by atoms with Crippen LogP contribution < -0.4 is 10.2 Å². The highest BCUT2D eigenvalue weighted by Gasteiger charge is 2.32. The van der Waals surface area contributed by atoms with Gasteiger partial charge in [0.05, 0.1) is 28.4 Å². The third-order valence-electron chi connectivity index (χ3n) is 4.93. The molecule has 1 fully saturated rings. The monoisotopic (exact) mass is 459 g/mol. The molecule has 0 spiro atoms. The molecule has 0 aliphatic carbocycles. The fraction of sp³-hybridized carbons (Fsp3) is 0.350. The van der Waals surface area contributed by atoms with E-state index < -0.39 is 40.0 Å². The summed E-state index contributed by atoms with van der Waals surface area (Å²) in [6.45, 7) is 0.662. The predicted molar refractivity (Wildman–Crippen MR) is 108 cm³/mol. The first kappa shape index (κ1) is 23.0. The number of carbonyl (C=O) groups is 1. The summed E-state index contributed by atoms with van der Waals surface area (Å²) in [4.78, 5) is 14.2. The number of benzene rings is 2. The van der Waals surface area contributed by atoms with Crippen molar-refractivity contribution in [1.29, 1.82) is 0 Å². The fourth-order valence-electron chi connectivity index (χ4n) is 3.31. The molecule has 3 rings (SSSR count). The maximum Gasteiger partial charge on any atom is 0.416 e. The molecule has 11 heteroatoms. The topological polar surface area (TPSA) is 69.7 Å². The lowest BCUT2D eigenvalue weighted by Crippen LogP contribution is -2.35. The van der Waals surface area contributed by atoms with Gasteiger partial charge in [-0.05, 0) is 55.3 Å². The van der Waals surface area contributed by atoms with E-state index in [9.17, 15) is 30.8 Å². The zero-order valence-electron chi connectivity index (χ0n) is 16.6. The normalized spacial score (nSPS) is 14.8. The Labute approximate surface area is 177 Å². The van der Waals surface area contributed by atoms with Crippen molar-refractivity contribution in [3.63, 3.8) is 0 Å². The summed E-state index contributed by atoms with van der Waals surface area (Å²) in [5.41, 5.74) is -0.504. The molecule has 1 aliphatic heterocycles. The minimum Gasteiger partial charge on any atom is -0.370 e. The number of sulfonamides is 1. The molecule has 1 aliphatic rings. The molecule has 2 aromatic carbocycles. The number of anilines is 2. The van der Waals surface area contributed by atoms with Crippen LogP contribution in [0.15, 0.2) is 47.4 Å². The quantitative estimate of drug-likeness (QED) is 0.669. The molecule has 6 nitrogen and oxygen atoms in total. The van der Waals surface area contributed by atoms with Gasteiger partial charge in [0.25, 0.3) is 0 Å². The van der Waals surface area contributed by atoms with Crippen LogP contribution in [-0.4, -0.2) is 45.3 Å². The average molecular weight is 459 g/mol. The van der Waals surface area contributed by atoms with Crippen LogP contribution in [0.4, 0.5) is 28.9 Å². The number of hydrogen-bond donors (Lipinski definition) is 1. The molecule has 0 bridgehead atoms. The SMILES string of the molecule is CN(CC(=O)Nc1cc(C(F)(F)F)ccc1N1CCCC1)S(=O)(=O)c1ccc(F)cc1. The van der Waals surface area contributed by atoms with E-state index in [0.717, 1.165) is 60.6 Å². The second kappa shape index (κ2) is 8.83. The molecule has 1 heterocycles. The summed E-state index contributed by atoms with van der Waals surface area (Å²) >= 11 is 0. The van der Waals surface area contributed by atoms with E-state index in [2.05, 4.69) is 5.32 Å². The van der Waals surface area contributed by atoms with Crippen LogP contribution in [-0.2, 0) is 21.0 Å². The van der Waals surface area contributed by atoms with Crippen LogP contribution in [0.2, 0.25) is 0 Å². The molecule has 0 atom stereocenters. The lowest BCUT2D eigenvalue weighted by molar-refractivity contribution is -0.137. The Morgan fingerprint density at radius 1 is 1.10 bits per heavy atom. The third-order valence-corrected chi connectivity index (χ3v) is 6.75. The van der Waals surface area contributed by atoms with Crippen LogP contribution >= 0.6 is 0 Å². The van der Waals surface area contributed by atoms with Crippen molar-refractivity contribution in [2.24, 2.45) is 0 Å². The van der Waals surface area contributed by atoms with Crippen molar-refractivity contribution < 1.29 is 30.8 Å². The Hall–Kier alpha value is -2.66. The Morgan fingerprint density at radius 3 is 2.29 bits per heavy atom. The molecular weight excluding hydrogens is 438 g/mol. The van der Waals surface area contributed by atoms with Gasteiger partial charge in [0.2, 0.25) is 15.9 Å². The van der Waals surface area contributed by atoms with Crippen LogP contribution in [0.3, 0.4) is 0 Å². The van der Waals surface area contributed by atoms with Gasteiger partial charge in [-0.2, -0.15) is 17.5 Å². The first-order chi connectivity index (χ1) is 14.5. The number of rotatable bonds is 6. The average Bonchev–Trinajstić information content (AvgIpc) is 3.22. The lowest BCUT2D eigenvalue weighted by Gasteiger charge is -2.23. The van der Waals surface area contributed by atoms with Gasteiger partial charge >= 0.3 is 6.18 Å². The van der Waals surface area contributed by atoms with Crippen LogP contribution in [0, 0.1) is 5.82 Å². The summed E-state index contributed by atoms with van der Waals surface area (Å²) in [6, 6.07) is 7.20. The van der Waals surface area contributed by atoms with Gasteiger partial charge in [-0.1, -0.05) is 0 Å². The highest BCUT2D eigenvalue weighted by Crippen LogP contribution is 2.36. The Kier molecular flexibility index (Phi) is 6.56. The zero-order valence-corrected chi connectivity index (χ0v) is 17.4. The number of amides is 1. The second-order valence-corrected chi connectivity index (χ2v) is 9.23. The second-order valence-electron chi connectivity index (χ2n) is 7.19. The summed E-state index contributed by atoms with van der Waals surface area (Å²) in [6.07, 6.45) is -2.83. The van der Waals surface area contributed by atoms with E-state index >= 15 is 0 Å². The maximum absolute atomic E-state index is 13.2. The molecule has 2 aromatic rings. The molecule has 0 saturated carbocycles. The van der Waals surface area contributed by atoms with Crippen molar-refractivity contribution in [3.05, 3.63) is 53.8 Å². The van der Waals surface area contributed by atoms with Crippen molar-refractivity contribution in [2.75, 3.05) is 36.9 Å². The molecule has 0 aromatic heterocycles. The summed E-state index contributed by atoms with van der Waals surface area (Å²) < 4.78 is 78.4. The number of likely N-dealkylation sites (N-methyl/N-ethyl adjacent to an activating group) is 1. The van der Waals surface area contributed by atoms with Gasteiger partial charge in [0.1, 0.15) is 5.82 Å². The predicted octanol–water partition coefficient (Wildman–Crippen LogP) is 3.70. The first-order valence-electron chi connectivity index (χ1n) is 9.46. The number of alkyl halides is 3. The van der Waals surface area contributed by atoms with Gasteiger partial charge in [-0.3, -0.25) is 4.79 Å². The van der Waals surface area contributed by atoms with Gasteiger partial charge in [-0.25, -0.2) is 12.8 Å².